The van der Waals surface area contributed by atoms with Crippen molar-refractivity contribution in [1.29, 1.82) is 0 Å². The first-order valence-electron chi connectivity index (χ1n) is 7.64. The Balaban J connectivity index is 1.82. The van der Waals surface area contributed by atoms with Crippen LogP contribution in [-0.2, 0) is 4.74 Å². The summed E-state index contributed by atoms with van der Waals surface area (Å²) in [5.74, 6) is 0.650. The fourth-order valence-electron chi connectivity index (χ4n) is 2.29. The maximum absolute atomic E-state index is 6.23. The summed E-state index contributed by atoms with van der Waals surface area (Å²) in [6, 6.07) is 10.0. The highest BCUT2D eigenvalue weighted by atomic mass is 32.2. The summed E-state index contributed by atoms with van der Waals surface area (Å²) in [6.45, 7) is 1.44. The van der Waals surface area contributed by atoms with Crippen molar-refractivity contribution in [3.05, 3.63) is 42.9 Å². The average molecular weight is 341 g/mol. The lowest BCUT2D eigenvalue weighted by Crippen LogP contribution is -2.09. The Morgan fingerprint density at radius 2 is 2.04 bits per heavy atom. The SMILES string of the molecule is COCCCNc1ncnc(Sc2cccc3cccnc23)c1N. The van der Waals surface area contributed by atoms with E-state index in [0.717, 1.165) is 33.8 Å². The lowest BCUT2D eigenvalue weighted by Gasteiger charge is -2.11. The summed E-state index contributed by atoms with van der Waals surface area (Å²) >= 11 is 1.50. The molecule has 0 saturated carbocycles. The summed E-state index contributed by atoms with van der Waals surface area (Å²) in [7, 11) is 1.69. The molecule has 0 atom stereocenters. The minimum atomic E-state index is 0.549. The van der Waals surface area contributed by atoms with Gasteiger partial charge in [0, 0.05) is 36.7 Å². The van der Waals surface area contributed by atoms with Crippen molar-refractivity contribution < 1.29 is 4.74 Å². The highest BCUT2D eigenvalue weighted by Crippen LogP contribution is 2.35. The molecule has 124 valence electrons. The number of para-hydroxylation sites is 1. The molecular formula is C17H19N5OS. The van der Waals surface area contributed by atoms with Crippen LogP contribution in [0.25, 0.3) is 10.9 Å². The lowest BCUT2D eigenvalue weighted by molar-refractivity contribution is 0.198. The van der Waals surface area contributed by atoms with Crippen LogP contribution in [0.3, 0.4) is 0 Å². The largest absolute Gasteiger partial charge is 0.394 e. The zero-order chi connectivity index (χ0) is 16.8. The number of aromatic nitrogens is 3. The molecule has 3 N–H and O–H groups in total. The number of hydrogen-bond donors (Lipinski definition) is 2. The molecule has 2 heterocycles. The van der Waals surface area contributed by atoms with E-state index >= 15 is 0 Å². The van der Waals surface area contributed by atoms with Gasteiger partial charge in [0.1, 0.15) is 17.0 Å². The van der Waals surface area contributed by atoms with Crippen LogP contribution in [0, 0.1) is 0 Å². The average Bonchev–Trinajstić information content (AvgIpc) is 2.62. The number of benzene rings is 1. The summed E-state index contributed by atoms with van der Waals surface area (Å²) < 4.78 is 5.04. The van der Waals surface area contributed by atoms with Crippen molar-refractivity contribution in [2.75, 3.05) is 31.3 Å². The van der Waals surface area contributed by atoms with Gasteiger partial charge in [0.2, 0.25) is 0 Å². The Morgan fingerprint density at radius 1 is 1.17 bits per heavy atom. The van der Waals surface area contributed by atoms with Gasteiger partial charge in [-0.05, 0) is 18.6 Å². The van der Waals surface area contributed by atoms with Gasteiger partial charge in [0.15, 0.2) is 5.82 Å². The Kier molecular flexibility index (Phi) is 5.45. The van der Waals surface area contributed by atoms with Gasteiger partial charge in [0.05, 0.1) is 5.52 Å². The third kappa shape index (κ3) is 3.74. The van der Waals surface area contributed by atoms with Crippen molar-refractivity contribution in [2.45, 2.75) is 16.3 Å². The Morgan fingerprint density at radius 3 is 2.92 bits per heavy atom. The van der Waals surface area contributed by atoms with Crippen LogP contribution in [0.4, 0.5) is 11.5 Å². The maximum atomic E-state index is 6.23. The maximum Gasteiger partial charge on any atom is 0.153 e. The van der Waals surface area contributed by atoms with E-state index in [1.165, 1.54) is 18.1 Å². The molecule has 1 aromatic carbocycles. The lowest BCUT2D eigenvalue weighted by atomic mass is 10.2. The van der Waals surface area contributed by atoms with E-state index < -0.39 is 0 Å². The third-order valence-corrected chi connectivity index (χ3v) is 4.54. The first-order valence-corrected chi connectivity index (χ1v) is 8.46. The van der Waals surface area contributed by atoms with E-state index in [1.807, 2.05) is 30.3 Å². The first kappa shape index (κ1) is 16.5. The summed E-state index contributed by atoms with van der Waals surface area (Å²) in [5.41, 5.74) is 7.72. The highest BCUT2D eigenvalue weighted by Gasteiger charge is 2.11. The summed E-state index contributed by atoms with van der Waals surface area (Å²) in [4.78, 5) is 14.0. The number of hydrogen-bond acceptors (Lipinski definition) is 7. The van der Waals surface area contributed by atoms with Gasteiger partial charge in [-0.15, -0.1) is 0 Å². The van der Waals surface area contributed by atoms with Crippen LogP contribution in [0.5, 0.6) is 0 Å². The second-order valence-corrected chi connectivity index (χ2v) is 6.18. The van der Waals surface area contributed by atoms with Crippen molar-refractivity contribution in [3.8, 4) is 0 Å². The smallest absolute Gasteiger partial charge is 0.153 e. The molecule has 0 bridgehead atoms. The molecule has 0 spiro atoms. The molecule has 0 amide bonds. The van der Waals surface area contributed by atoms with Gasteiger partial charge in [-0.3, -0.25) is 4.98 Å². The minimum absolute atomic E-state index is 0.549. The number of ether oxygens (including phenoxy) is 1. The molecule has 0 aliphatic rings. The molecule has 2 aromatic heterocycles. The predicted octanol–water partition coefficient (Wildman–Crippen LogP) is 3.21. The fourth-order valence-corrected chi connectivity index (χ4v) is 3.22. The van der Waals surface area contributed by atoms with Crippen LogP contribution < -0.4 is 11.1 Å². The Labute approximate surface area is 144 Å². The number of pyridine rings is 1. The van der Waals surface area contributed by atoms with Gasteiger partial charge in [-0.2, -0.15) is 0 Å². The normalized spacial score (nSPS) is 10.9. The number of nitrogen functional groups attached to an aromatic ring is 1. The van der Waals surface area contributed by atoms with Gasteiger partial charge < -0.3 is 15.8 Å². The molecule has 3 rings (SSSR count). The predicted molar refractivity (Wildman–Crippen MR) is 97.3 cm³/mol. The van der Waals surface area contributed by atoms with E-state index in [0.29, 0.717) is 18.1 Å². The topological polar surface area (TPSA) is 86.0 Å². The Bertz CT molecular complexity index is 822. The van der Waals surface area contributed by atoms with E-state index in [1.54, 1.807) is 13.3 Å². The van der Waals surface area contributed by atoms with Crippen molar-refractivity contribution in [2.24, 2.45) is 0 Å². The zero-order valence-electron chi connectivity index (χ0n) is 13.4. The quantitative estimate of drug-likeness (QED) is 0.504. The second-order valence-electron chi connectivity index (χ2n) is 5.15. The number of nitrogens with two attached hydrogens (primary N) is 1. The fraction of sp³-hybridized carbons (Fsp3) is 0.235. The van der Waals surface area contributed by atoms with Crippen LogP contribution in [0.2, 0.25) is 0 Å². The van der Waals surface area contributed by atoms with E-state index in [9.17, 15) is 0 Å². The van der Waals surface area contributed by atoms with Gasteiger partial charge in [-0.1, -0.05) is 30.0 Å². The van der Waals surface area contributed by atoms with Crippen LogP contribution >= 0.6 is 11.8 Å². The number of nitrogens with zero attached hydrogens (tertiary/aromatic N) is 3. The number of anilines is 2. The van der Waals surface area contributed by atoms with Gasteiger partial charge in [0.25, 0.3) is 0 Å². The van der Waals surface area contributed by atoms with Crippen LogP contribution in [-0.4, -0.2) is 35.2 Å². The third-order valence-electron chi connectivity index (χ3n) is 3.47. The van der Waals surface area contributed by atoms with Crippen molar-refractivity contribution >= 4 is 34.2 Å². The van der Waals surface area contributed by atoms with E-state index in [2.05, 4.69) is 20.3 Å². The van der Waals surface area contributed by atoms with Crippen LogP contribution in [0.15, 0.2) is 52.8 Å². The summed E-state index contributed by atoms with van der Waals surface area (Å²) in [6.07, 6.45) is 4.20. The molecule has 3 aromatic rings. The Hall–Kier alpha value is -2.38. The van der Waals surface area contributed by atoms with Gasteiger partial charge >= 0.3 is 0 Å². The molecule has 0 fully saturated rings. The van der Waals surface area contributed by atoms with Gasteiger partial charge in [-0.25, -0.2) is 9.97 Å². The standard InChI is InChI=1S/C17H19N5OS/c1-23-10-4-9-20-16-14(18)17(22-11-21-16)24-13-7-2-5-12-6-3-8-19-15(12)13/h2-3,5-8,11H,4,9-10,18H2,1H3,(H,20,21,22). The number of methoxy groups -OCH3 is 1. The van der Waals surface area contributed by atoms with E-state index in [4.69, 9.17) is 10.5 Å². The number of nitrogens with one attached hydrogen (secondary N) is 1. The van der Waals surface area contributed by atoms with Crippen molar-refractivity contribution in [3.63, 3.8) is 0 Å². The monoisotopic (exact) mass is 341 g/mol. The molecule has 7 heteroatoms. The second kappa shape index (κ2) is 7.94. The molecule has 0 radical (unpaired) electrons. The molecule has 24 heavy (non-hydrogen) atoms. The highest BCUT2D eigenvalue weighted by molar-refractivity contribution is 7.99. The molecule has 6 nitrogen and oxygen atoms in total. The molecule has 0 unspecified atom stereocenters. The first-order chi connectivity index (χ1) is 11.8. The zero-order valence-corrected chi connectivity index (χ0v) is 14.2. The number of fused-ring (bicyclic) bond motifs is 1. The number of rotatable bonds is 7. The van der Waals surface area contributed by atoms with Crippen LogP contribution in [0.1, 0.15) is 6.42 Å². The molecule has 0 aliphatic carbocycles. The molecule has 0 saturated heterocycles. The molecule has 0 aliphatic heterocycles. The summed E-state index contributed by atoms with van der Waals surface area (Å²) in [5, 5.41) is 5.04. The minimum Gasteiger partial charge on any atom is -0.394 e. The molecular weight excluding hydrogens is 322 g/mol. The van der Waals surface area contributed by atoms with E-state index in [-0.39, 0.29) is 0 Å². The van der Waals surface area contributed by atoms with Crippen molar-refractivity contribution in [1.82, 2.24) is 15.0 Å².